The quantitative estimate of drug-likeness (QED) is 0.547. The molecular formula is C24H27NO4. The van der Waals surface area contributed by atoms with E-state index in [4.69, 9.17) is 9.47 Å². The first kappa shape index (κ1) is 20.6. The highest BCUT2D eigenvalue weighted by Gasteiger charge is 2.39. The van der Waals surface area contributed by atoms with E-state index in [1.165, 1.54) is 0 Å². The Morgan fingerprint density at radius 2 is 1.86 bits per heavy atom. The number of methoxy groups -OCH3 is 1. The summed E-state index contributed by atoms with van der Waals surface area (Å²) >= 11 is 0. The second kappa shape index (κ2) is 8.95. The van der Waals surface area contributed by atoms with Crippen LogP contribution in [0.1, 0.15) is 30.4 Å². The maximum absolute atomic E-state index is 13.0. The number of ketones is 1. The van der Waals surface area contributed by atoms with Crippen molar-refractivity contribution in [1.82, 2.24) is 0 Å². The molecule has 0 aliphatic heterocycles. The minimum atomic E-state index is -0.825. The van der Waals surface area contributed by atoms with Gasteiger partial charge in [-0.25, -0.2) is 0 Å². The molecule has 0 amide bonds. The highest BCUT2D eigenvalue weighted by molar-refractivity contribution is 6.10. The number of hydrogen-bond acceptors (Lipinski definition) is 5. The number of benzene rings is 2. The SMILES string of the molecule is CCOC(=O)[C@H]1C(=O)C=C(c2cccc(OC)c2)C[C@H]1c1ccc(N(C)C)cc1. The summed E-state index contributed by atoms with van der Waals surface area (Å²) in [5, 5.41) is 0. The highest BCUT2D eigenvalue weighted by Crippen LogP contribution is 2.41. The van der Waals surface area contributed by atoms with E-state index in [-0.39, 0.29) is 18.3 Å². The Morgan fingerprint density at radius 1 is 1.14 bits per heavy atom. The average Bonchev–Trinajstić information content (AvgIpc) is 2.73. The Labute approximate surface area is 171 Å². The average molecular weight is 393 g/mol. The number of carbonyl (C=O) groups is 2. The van der Waals surface area contributed by atoms with Crippen LogP contribution in [0.15, 0.2) is 54.6 Å². The zero-order valence-electron chi connectivity index (χ0n) is 17.3. The molecule has 0 saturated carbocycles. The molecule has 152 valence electrons. The van der Waals surface area contributed by atoms with Crippen molar-refractivity contribution in [2.45, 2.75) is 19.3 Å². The molecule has 0 unspecified atom stereocenters. The Morgan fingerprint density at radius 3 is 2.48 bits per heavy atom. The lowest BCUT2D eigenvalue weighted by molar-refractivity contribution is -0.151. The van der Waals surface area contributed by atoms with Gasteiger partial charge in [-0.2, -0.15) is 0 Å². The number of rotatable bonds is 6. The maximum Gasteiger partial charge on any atom is 0.317 e. The monoisotopic (exact) mass is 393 g/mol. The van der Waals surface area contributed by atoms with Crippen molar-refractivity contribution < 1.29 is 19.1 Å². The van der Waals surface area contributed by atoms with E-state index < -0.39 is 11.9 Å². The van der Waals surface area contributed by atoms with Gasteiger partial charge < -0.3 is 14.4 Å². The summed E-state index contributed by atoms with van der Waals surface area (Å²) in [7, 11) is 5.57. The van der Waals surface area contributed by atoms with Crippen molar-refractivity contribution in [3.05, 3.63) is 65.7 Å². The maximum atomic E-state index is 13.0. The lowest BCUT2D eigenvalue weighted by Crippen LogP contribution is -2.34. The second-order valence-corrected chi connectivity index (χ2v) is 7.33. The molecule has 2 atom stereocenters. The van der Waals surface area contributed by atoms with Gasteiger partial charge in [-0.15, -0.1) is 0 Å². The van der Waals surface area contributed by atoms with Gasteiger partial charge in [0.2, 0.25) is 0 Å². The van der Waals surface area contributed by atoms with Crippen molar-refractivity contribution in [3.8, 4) is 5.75 Å². The van der Waals surface area contributed by atoms with Gasteiger partial charge >= 0.3 is 5.97 Å². The van der Waals surface area contributed by atoms with Crippen LogP contribution in [0, 0.1) is 5.92 Å². The molecule has 0 fully saturated rings. The zero-order chi connectivity index (χ0) is 21.0. The summed E-state index contributed by atoms with van der Waals surface area (Å²) in [4.78, 5) is 27.6. The van der Waals surface area contributed by atoms with Gasteiger partial charge in [0.15, 0.2) is 5.78 Å². The topological polar surface area (TPSA) is 55.8 Å². The van der Waals surface area contributed by atoms with E-state index in [1.807, 2.05) is 67.5 Å². The van der Waals surface area contributed by atoms with Crippen molar-refractivity contribution in [3.63, 3.8) is 0 Å². The van der Waals surface area contributed by atoms with Crippen LogP contribution in [0.25, 0.3) is 5.57 Å². The van der Waals surface area contributed by atoms with Gasteiger partial charge in [0, 0.05) is 25.7 Å². The largest absolute Gasteiger partial charge is 0.497 e. The van der Waals surface area contributed by atoms with Gasteiger partial charge in [0.25, 0.3) is 0 Å². The molecule has 5 nitrogen and oxygen atoms in total. The fourth-order valence-electron chi connectivity index (χ4n) is 3.74. The van der Waals surface area contributed by atoms with Crippen molar-refractivity contribution in [1.29, 1.82) is 0 Å². The van der Waals surface area contributed by atoms with Crippen LogP contribution < -0.4 is 9.64 Å². The van der Waals surface area contributed by atoms with Crippen LogP contribution in [0.2, 0.25) is 0 Å². The van der Waals surface area contributed by atoms with Crippen LogP contribution in [-0.2, 0) is 14.3 Å². The normalized spacial score (nSPS) is 18.8. The zero-order valence-corrected chi connectivity index (χ0v) is 17.3. The standard InChI is InChI=1S/C24H27NO4/c1-5-29-24(27)23-21(16-9-11-19(12-10-16)25(2)3)14-18(15-22(23)26)17-7-6-8-20(13-17)28-4/h6-13,15,21,23H,5,14H2,1-4H3/t21-,23+/m0/s1. The summed E-state index contributed by atoms with van der Waals surface area (Å²) in [5.41, 5.74) is 3.84. The molecule has 2 aromatic rings. The van der Waals surface area contributed by atoms with E-state index in [2.05, 4.69) is 0 Å². The summed E-state index contributed by atoms with van der Waals surface area (Å²) in [6.45, 7) is 2.00. The molecule has 0 bridgehead atoms. The van der Waals surface area contributed by atoms with E-state index in [0.29, 0.717) is 6.42 Å². The third-order valence-electron chi connectivity index (χ3n) is 5.28. The Bertz CT molecular complexity index is 915. The van der Waals surface area contributed by atoms with Crippen LogP contribution in [0.3, 0.4) is 0 Å². The van der Waals surface area contributed by atoms with Crippen molar-refractivity contribution in [2.75, 3.05) is 32.7 Å². The predicted molar refractivity (Wildman–Crippen MR) is 114 cm³/mol. The Balaban J connectivity index is 2.01. The molecule has 0 heterocycles. The molecule has 1 aliphatic rings. The molecule has 0 aromatic heterocycles. The van der Waals surface area contributed by atoms with E-state index >= 15 is 0 Å². The lowest BCUT2D eigenvalue weighted by Gasteiger charge is -2.30. The molecule has 0 saturated heterocycles. The van der Waals surface area contributed by atoms with Gasteiger partial charge in [0.1, 0.15) is 11.7 Å². The second-order valence-electron chi connectivity index (χ2n) is 7.33. The fraction of sp³-hybridized carbons (Fsp3) is 0.333. The number of ether oxygens (including phenoxy) is 2. The predicted octanol–water partition coefficient (Wildman–Crippen LogP) is 4.08. The van der Waals surface area contributed by atoms with Gasteiger partial charge in [-0.1, -0.05) is 24.3 Å². The molecule has 0 radical (unpaired) electrons. The molecular weight excluding hydrogens is 366 g/mol. The lowest BCUT2D eigenvalue weighted by atomic mass is 9.73. The number of nitrogens with zero attached hydrogens (tertiary/aromatic N) is 1. The fourth-order valence-corrected chi connectivity index (χ4v) is 3.74. The minimum absolute atomic E-state index is 0.214. The van der Waals surface area contributed by atoms with Crippen LogP contribution in [0.5, 0.6) is 5.75 Å². The third kappa shape index (κ3) is 4.50. The first-order valence-corrected chi connectivity index (χ1v) is 9.77. The molecule has 5 heteroatoms. The van der Waals surface area contributed by atoms with Crippen LogP contribution in [0.4, 0.5) is 5.69 Å². The number of esters is 1. The summed E-state index contributed by atoms with van der Waals surface area (Å²) < 4.78 is 10.5. The highest BCUT2D eigenvalue weighted by atomic mass is 16.5. The van der Waals surface area contributed by atoms with Gasteiger partial charge in [-0.3, -0.25) is 9.59 Å². The number of allylic oxidation sites excluding steroid dienone is 2. The molecule has 0 spiro atoms. The molecule has 0 N–H and O–H groups in total. The van der Waals surface area contributed by atoms with E-state index in [1.54, 1.807) is 20.1 Å². The van der Waals surface area contributed by atoms with Gasteiger partial charge in [-0.05, 0) is 60.4 Å². The number of anilines is 1. The summed E-state index contributed by atoms with van der Waals surface area (Å²) in [6, 6.07) is 15.6. The molecule has 29 heavy (non-hydrogen) atoms. The first-order valence-electron chi connectivity index (χ1n) is 9.77. The smallest absolute Gasteiger partial charge is 0.317 e. The number of hydrogen-bond donors (Lipinski definition) is 0. The molecule has 1 aliphatic carbocycles. The minimum Gasteiger partial charge on any atom is -0.497 e. The van der Waals surface area contributed by atoms with Crippen LogP contribution in [-0.4, -0.2) is 39.6 Å². The Hall–Kier alpha value is -3.08. The first-order chi connectivity index (χ1) is 13.9. The summed E-state index contributed by atoms with van der Waals surface area (Å²) in [5.74, 6) is -1.04. The molecule has 3 rings (SSSR count). The summed E-state index contributed by atoms with van der Waals surface area (Å²) in [6.07, 6.45) is 2.16. The van der Waals surface area contributed by atoms with E-state index in [9.17, 15) is 9.59 Å². The van der Waals surface area contributed by atoms with E-state index in [0.717, 1.165) is 28.1 Å². The molecule has 2 aromatic carbocycles. The Kier molecular flexibility index (Phi) is 6.37. The van der Waals surface area contributed by atoms with Crippen molar-refractivity contribution in [2.24, 2.45) is 5.92 Å². The van der Waals surface area contributed by atoms with Crippen molar-refractivity contribution >= 4 is 23.0 Å². The van der Waals surface area contributed by atoms with Gasteiger partial charge in [0.05, 0.1) is 13.7 Å². The third-order valence-corrected chi connectivity index (χ3v) is 5.28. The van der Waals surface area contributed by atoms with Crippen LogP contribution >= 0.6 is 0 Å². The number of carbonyl (C=O) groups excluding carboxylic acids is 2.